The van der Waals surface area contributed by atoms with Gasteiger partial charge in [-0.25, -0.2) is 0 Å². The molecule has 2 aromatic rings. The van der Waals surface area contributed by atoms with Crippen molar-refractivity contribution in [1.82, 2.24) is 10.2 Å². The van der Waals surface area contributed by atoms with E-state index >= 15 is 0 Å². The topological polar surface area (TPSA) is 53.6 Å². The second-order valence-electron chi connectivity index (χ2n) is 5.90. The molecule has 5 nitrogen and oxygen atoms in total. The molecule has 132 valence electrons. The highest BCUT2D eigenvalue weighted by Crippen LogP contribution is 2.11. The number of hydrogen-bond donors (Lipinski definition) is 2. The van der Waals surface area contributed by atoms with Gasteiger partial charge < -0.3 is 20.3 Å². The number of carbonyl (C=O) groups excluding carboxylic acids is 1. The fraction of sp³-hybridized carbons (Fsp3) is 0.263. The standard InChI is InChI=1S/C19H23N3O2S/c1-14(13-24-17-7-5-4-6-8-17)20-19(25)21-16-11-9-15(10-12-16)18(23)22(2)3/h4-12,14H,13H2,1-3H3,(H2,20,21,25)/t14-/m0/s1. The molecule has 0 aliphatic carbocycles. The van der Waals surface area contributed by atoms with Crippen LogP contribution in [0.4, 0.5) is 5.69 Å². The summed E-state index contributed by atoms with van der Waals surface area (Å²) in [4.78, 5) is 13.4. The van der Waals surface area contributed by atoms with Gasteiger partial charge in [0.25, 0.3) is 5.91 Å². The molecule has 1 amide bonds. The lowest BCUT2D eigenvalue weighted by atomic mass is 10.2. The molecule has 0 aliphatic heterocycles. The summed E-state index contributed by atoms with van der Waals surface area (Å²) in [6.07, 6.45) is 0. The van der Waals surface area contributed by atoms with Crippen molar-refractivity contribution in [2.24, 2.45) is 0 Å². The molecule has 1 atom stereocenters. The van der Waals surface area contributed by atoms with E-state index in [1.165, 1.54) is 0 Å². The summed E-state index contributed by atoms with van der Waals surface area (Å²) in [7, 11) is 3.46. The number of hydrogen-bond acceptors (Lipinski definition) is 3. The molecule has 0 bridgehead atoms. The molecule has 0 spiro atoms. The van der Waals surface area contributed by atoms with Gasteiger partial charge in [0.2, 0.25) is 0 Å². The molecule has 0 aliphatic rings. The summed E-state index contributed by atoms with van der Waals surface area (Å²) in [5, 5.41) is 6.79. The molecule has 0 aromatic heterocycles. The third kappa shape index (κ3) is 6.08. The van der Waals surface area contributed by atoms with Gasteiger partial charge in [0.15, 0.2) is 5.11 Å². The van der Waals surface area contributed by atoms with Crippen molar-refractivity contribution in [3.63, 3.8) is 0 Å². The van der Waals surface area contributed by atoms with E-state index in [1.807, 2.05) is 49.4 Å². The quantitative estimate of drug-likeness (QED) is 0.778. The molecular formula is C19H23N3O2S. The van der Waals surface area contributed by atoms with E-state index in [1.54, 1.807) is 31.1 Å². The van der Waals surface area contributed by atoms with Gasteiger partial charge in [0, 0.05) is 25.3 Å². The molecule has 0 heterocycles. The monoisotopic (exact) mass is 357 g/mol. The molecule has 25 heavy (non-hydrogen) atoms. The number of carbonyl (C=O) groups is 1. The lowest BCUT2D eigenvalue weighted by Crippen LogP contribution is -2.39. The Morgan fingerprint density at radius 1 is 1.12 bits per heavy atom. The Morgan fingerprint density at radius 3 is 2.36 bits per heavy atom. The number of ether oxygens (including phenoxy) is 1. The minimum absolute atomic E-state index is 0.0288. The second-order valence-corrected chi connectivity index (χ2v) is 6.31. The number of nitrogens with one attached hydrogen (secondary N) is 2. The normalized spacial score (nSPS) is 11.3. The fourth-order valence-corrected chi connectivity index (χ4v) is 2.44. The number of para-hydroxylation sites is 1. The van der Waals surface area contributed by atoms with Crippen molar-refractivity contribution in [3.05, 3.63) is 60.2 Å². The van der Waals surface area contributed by atoms with E-state index < -0.39 is 0 Å². The average Bonchev–Trinajstić information content (AvgIpc) is 2.60. The molecule has 0 saturated carbocycles. The zero-order chi connectivity index (χ0) is 18.2. The van der Waals surface area contributed by atoms with Crippen LogP contribution < -0.4 is 15.4 Å². The zero-order valence-corrected chi connectivity index (χ0v) is 15.5. The van der Waals surface area contributed by atoms with Gasteiger partial charge in [0.05, 0.1) is 6.04 Å². The van der Waals surface area contributed by atoms with E-state index in [9.17, 15) is 4.79 Å². The molecule has 2 aromatic carbocycles. The Kier molecular flexibility index (Phi) is 6.77. The smallest absolute Gasteiger partial charge is 0.253 e. The van der Waals surface area contributed by atoms with Crippen LogP contribution in [0.3, 0.4) is 0 Å². The van der Waals surface area contributed by atoms with Gasteiger partial charge in [-0.2, -0.15) is 0 Å². The van der Waals surface area contributed by atoms with E-state index in [0.717, 1.165) is 11.4 Å². The summed E-state index contributed by atoms with van der Waals surface area (Å²) in [6.45, 7) is 2.50. The fourth-order valence-electron chi connectivity index (χ4n) is 2.12. The van der Waals surface area contributed by atoms with Crippen LogP contribution in [-0.2, 0) is 0 Å². The third-order valence-electron chi connectivity index (χ3n) is 3.42. The Balaban J connectivity index is 1.80. The number of thiocarbonyl (C=S) groups is 1. The molecule has 6 heteroatoms. The summed E-state index contributed by atoms with van der Waals surface area (Å²) in [5.41, 5.74) is 1.46. The summed E-state index contributed by atoms with van der Waals surface area (Å²) in [6, 6.07) is 16.9. The SMILES string of the molecule is C[C@@H](COc1ccccc1)NC(=S)Nc1ccc(C(=O)N(C)C)cc1. The lowest BCUT2D eigenvalue weighted by Gasteiger charge is -2.18. The number of benzene rings is 2. The first-order valence-corrected chi connectivity index (χ1v) is 8.43. The highest BCUT2D eigenvalue weighted by molar-refractivity contribution is 7.80. The molecular weight excluding hydrogens is 334 g/mol. The minimum Gasteiger partial charge on any atom is -0.491 e. The van der Waals surface area contributed by atoms with Crippen LogP contribution in [0.25, 0.3) is 0 Å². The zero-order valence-electron chi connectivity index (χ0n) is 14.7. The molecule has 0 fully saturated rings. The van der Waals surface area contributed by atoms with Crippen molar-refractivity contribution in [3.8, 4) is 5.75 Å². The van der Waals surface area contributed by atoms with Gasteiger partial charge in [-0.15, -0.1) is 0 Å². The summed E-state index contributed by atoms with van der Waals surface area (Å²) >= 11 is 5.32. The van der Waals surface area contributed by atoms with Crippen molar-refractivity contribution in [2.45, 2.75) is 13.0 Å². The van der Waals surface area contributed by atoms with Gasteiger partial charge in [-0.05, 0) is 55.5 Å². The Bertz CT molecular complexity index is 702. The molecule has 2 N–H and O–H groups in total. The molecule has 0 saturated heterocycles. The highest BCUT2D eigenvalue weighted by Gasteiger charge is 2.08. The lowest BCUT2D eigenvalue weighted by molar-refractivity contribution is 0.0827. The Hall–Kier alpha value is -2.60. The van der Waals surface area contributed by atoms with Crippen LogP contribution in [-0.4, -0.2) is 42.7 Å². The first-order valence-electron chi connectivity index (χ1n) is 8.03. The third-order valence-corrected chi connectivity index (χ3v) is 3.64. The maximum Gasteiger partial charge on any atom is 0.253 e. The van der Waals surface area contributed by atoms with Crippen LogP contribution in [0, 0.1) is 0 Å². The predicted octanol–water partition coefficient (Wildman–Crippen LogP) is 3.14. The molecule has 0 unspecified atom stereocenters. The molecule has 0 radical (unpaired) electrons. The first-order chi connectivity index (χ1) is 12.0. The minimum atomic E-state index is -0.0288. The highest BCUT2D eigenvalue weighted by atomic mass is 32.1. The van der Waals surface area contributed by atoms with Crippen LogP contribution in [0.5, 0.6) is 5.75 Å². The summed E-state index contributed by atoms with van der Waals surface area (Å²) < 4.78 is 5.69. The van der Waals surface area contributed by atoms with E-state index in [0.29, 0.717) is 17.3 Å². The van der Waals surface area contributed by atoms with E-state index in [4.69, 9.17) is 17.0 Å². The molecule has 2 rings (SSSR count). The van der Waals surface area contributed by atoms with Crippen LogP contribution in [0.1, 0.15) is 17.3 Å². The second kappa shape index (κ2) is 9.03. The van der Waals surface area contributed by atoms with Crippen molar-refractivity contribution >= 4 is 28.9 Å². The number of nitrogens with zero attached hydrogens (tertiary/aromatic N) is 1. The van der Waals surface area contributed by atoms with Crippen molar-refractivity contribution in [1.29, 1.82) is 0 Å². The van der Waals surface area contributed by atoms with Crippen LogP contribution >= 0.6 is 12.2 Å². The first kappa shape index (κ1) is 18.7. The van der Waals surface area contributed by atoms with Crippen LogP contribution in [0.15, 0.2) is 54.6 Å². The maximum atomic E-state index is 11.9. The van der Waals surface area contributed by atoms with Crippen molar-refractivity contribution < 1.29 is 9.53 Å². The van der Waals surface area contributed by atoms with E-state index in [-0.39, 0.29) is 11.9 Å². The maximum absolute atomic E-state index is 11.9. The van der Waals surface area contributed by atoms with Gasteiger partial charge in [-0.3, -0.25) is 4.79 Å². The average molecular weight is 357 g/mol. The number of amides is 1. The predicted molar refractivity (Wildman–Crippen MR) is 105 cm³/mol. The Labute approximate surface area is 154 Å². The number of anilines is 1. The van der Waals surface area contributed by atoms with Gasteiger partial charge in [0.1, 0.15) is 12.4 Å². The van der Waals surface area contributed by atoms with Crippen LogP contribution in [0.2, 0.25) is 0 Å². The van der Waals surface area contributed by atoms with Gasteiger partial charge in [-0.1, -0.05) is 18.2 Å². The number of rotatable bonds is 6. The largest absolute Gasteiger partial charge is 0.491 e. The van der Waals surface area contributed by atoms with E-state index in [2.05, 4.69) is 10.6 Å². The summed E-state index contributed by atoms with van der Waals surface area (Å²) in [5.74, 6) is 0.801. The Morgan fingerprint density at radius 2 is 1.76 bits per heavy atom. The van der Waals surface area contributed by atoms with Crippen molar-refractivity contribution in [2.75, 3.05) is 26.0 Å². The van der Waals surface area contributed by atoms with Gasteiger partial charge >= 0.3 is 0 Å².